The quantitative estimate of drug-likeness (QED) is 0.634. The van der Waals surface area contributed by atoms with Crippen molar-refractivity contribution in [2.24, 2.45) is 5.92 Å². The predicted octanol–water partition coefficient (Wildman–Crippen LogP) is 4.86. The highest BCUT2D eigenvalue weighted by Gasteiger charge is 2.23. The summed E-state index contributed by atoms with van der Waals surface area (Å²) in [4.78, 5) is 11.5. The molecule has 27 heavy (non-hydrogen) atoms. The van der Waals surface area contributed by atoms with Crippen LogP contribution in [0.1, 0.15) is 24.0 Å². The third kappa shape index (κ3) is 6.36. The summed E-state index contributed by atoms with van der Waals surface area (Å²) >= 11 is 1.41. The van der Waals surface area contributed by atoms with E-state index in [9.17, 15) is 9.90 Å². The molecule has 1 aliphatic rings. The van der Waals surface area contributed by atoms with Gasteiger partial charge in [0.25, 0.3) is 0 Å². The van der Waals surface area contributed by atoms with Gasteiger partial charge in [0.15, 0.2) is 5.09 Å². The number of hydrogen-bond acceptors (Lipinski definition) is 4. The van der Waals surface area contributed by atoms with Crippen LogP contribution in [-0.2, 0) is 27.1 Å². The summed E-state index contributed by atoms with van der Waals surface area (Å²) in [5.41, 5.74) is 2.39. The molecule has 2 atom stereocenters. The van der Waals surface area contributed by atoms with E-state index in [1.165, 1.54) is 17.3 Å². The number of carbonyl (C=O) groups is 1. The van der Waals surface area contributed by atoms with Crippen LogP contribution in [0.4, 0.5) is 0 Å². The fraction of sp³-hybridized carbons (Fsp3) is 0.318. The molecular formula is C22H24O4S. The number of hydrogen-bond donors (Lipinski definition) is 1. The highest BCUT2D eigenvalue weighted by Crippen LogP contribution is 2.29. The van der Waals surface area contributed by atoms with Crippen molar-refractivity contribution in [2.45, 2.75) is 32.0 Å². The van der Waals surface area contributed by atoms with Gasteiger partial charge in [-0.2, -0.15) is 0 Å². The van der Waals surface area contributed by atoms with Crippen molar-refractivity contribution in [3.8, 4) is 0 Å². The number of aliphatic carboxylic acids is 1. The largest absolute Gasteiger partial charge is 0.481 e. The fourth-order valence-electron chi connectivity index (χ4n) is 2.94. The number of ether oxygens (including phenoxy) is 2. The number of carboxylic acid groups (broad SMARTS) is 1. The Hall–Kier alpha value is -2.40. The number of carboxylic acids is 1. The van der Waals surface area contributed by atoms with E-state index in [2.05, 4.69) is 12.1 Å². The topological polar surface area (TPSA) is 55.8 Å². The maximum atomic E-state index is 11.5. The fourth-order valence-corrected chi connectivity index (χ4v) is 3.91. The first-order chi connectivity index (χ1) is 13.2. The van der Waals surface area contributed by atoms with E-state index in [1.807, 2.05) is 48.5 Å². The van der Waals surface area contributed by atoms with E-state index >= 15 is 0 Å². The van der Waals surface area contributed by atoms with Gasteiger partial charge < -0.3 is 14.6 Å². The Labute approximate surface area is 164 Å². The molecule has 0 fully saturated rings. The summed E-state index contributed by atoms with van der Waals surface area (Å²) in [6, 6.07) is 20.2. The third-order valence-electron chi connectivity index (χ3n) is 4.45. The molecule has 0 radical (unpaired) electrons. The molecule has 4 nitrogen and oxygen atoms in total. The van der Waals surface area contributed by atoms with E-state index in [0.717, 1.165) is 18.4 Å². The minimum absolute atomic E-state index is 0.337. The van der Waals surface area contributed by atoms with Gasteiger partial charge in [0, 0.05) is 12.2 Å². The van der Waals surface area contributed by atoms with Crippen molar-refractivity contribution in [1.29, 1.82) is 0 Å². The van der Waals surface area contributed by atoms with Gasteiger partial charge in [0.1, 0.15) is 6.26 Å². The molecule has 2 aromatic carbocycles. The zero-order valence-corrected chi connectivity index (χ0v) is 15.9. The van der Waals surface area contributed by atoms with Crippen LogP contribution in [0.5, 0.6) is 0 Å². The summed E-state index contributed by atoms with van der Waals surface area (Å²) < 4.78 is 11.3. The predicted molar refractivity (Wildman–Crippen MR) is 107 cm³/mol. The first kappa shape index (κ1) is 19.4. The molecule has 1 N–H and O–H groups in total. The highest BCUT2D eigenvalue weighted by molar-refractivity contribution is 8.02. The molecule has 0 aliphatic carbocycles. The van der Waals surface area contributed by atoms with Crippen LogP contribution >= 0.6 is 11.8 Å². The second kappa shape index (κ2) is 10.1. The maximum absolute atomic E-state index is 11.5. The number of thioether (sulfide) groups is 1. The summed E-state index contributed by atoms with van der Waals surface area (Å²) in [6.45, 7) is 0. The second-order valence-corrected chi connectivity index (χ2v) is 7.56. The molecule has 0 spiro atoms. The molecule has 2 unspecified atom stereocenters. The average Bonchev–Trinajstić information content (AvgIpc) is 3.13. The molecule has 0 aromatic heterocycles. The zero-order chi connectivity index (χ0) is 18.9. The molecule has 1 aliphatic heterocycles. The van der Waals surface area contributed by atoms with Crippen molar-refractivity contribution in [3.05, 3.63) is 83.1 Å². The Morgan fingerprint density at radius 1 is 1.04 bits per heavy atom. The van der Waals surface area contributed by atoms with Gasteiger partial charge >= 0.3 is 5.97 Å². The monoisotopic (exact) mass is 384 g/mol. The molecule has 0 amide bonds. The van der Waals surface area contributed by atoms with Crippen molar-refractivity contribution in [2.75, 3.05) is 5.75 Å². The lowest BCUT2D eigenvalue weighted by Gasteiger charge is -2.14. The van der Waals surface area contributed by atoms with Crippen molar-refractivity contribution < 1.29 is 19.4 Å². The van der Waals surface area contributed by atoms with Crippen molar-refractivity contribution in [3.63, 3.8) is 0 Å². The van der Waals surface area contributed by atoms with Crippen LogP contribution in [0.15, 0.2) is 72.0 Å². The molecule has 0 bridgehead atoms. The van der Waals surface area contributed by atoms with Crippen LogP contribution in [0.25, 0.3) is 0 Å². The Balaban J connectivity index is 1.39. The van der Waals surface area contributed by atoms with Gasteiger partial charge in [0.05, 0.1) is 5.92 Å². The van der Waals surface area contributed by atoms with Crippen LogP contribution in [0.3, 0.4) is 0 Å². The van der Waals surface area contributed by atoms with Crippen LogP contribution in [0.2, 0.25) is 0 Å². The number of rotatable bonds is 10. The van der Waals surface area contributed by atoms with E-state index in [4.69, 9.17) is 9.47 Å². The van der Waals surface area contributed by atoms with Crippen LogP contribution < -0.4 is 0 Å². The first-order valence-corrected chi connectivity index (χ1v) is 10.1. The standard InChI is InChI=1S/C22H24O4S/c23-22(24)19(13-7-12-17-8-3-1-4-9-17)16-27-21-15-25-20(26-21)14-18-10-5-2-6-11-18/h1-6,8-11,15,19-20H,7,12-14,16H2,(H,23,24). The lowest BCUT2D eigenvalue weighted by molar-refractivity contribution is -0.141. The summed E-state index contributed by atoms with van der Waals surface area (Å²) in [5, 5.41) is 10.1. The first-order valence-electron chi connectivity index (χ1n) is 9.16. The normalized spacial score (nSPS) is 16.9. The lowest BCUT2D eigenvalue weighted by atomic mass is 10.0. The molecule has 5 heteroatoms. The number of benzene rings is 2. The molecule has 2 aromatic rings. The molecule has 3 rings (SSSR count). The zero-order valence-electron chi connectivity index (χ0n) is 15.1. The maximum Gasteiger partial charge on any atom is 0.307 e. The summed E-state index contributed by atoms with van der Waals surface area (Å²) in [6.07, 6.45) is 4.34. The molecule has 0 saturated carbocycles. The van der Waals surface area contributed by atoms with Gasteiger partial charge in [-0.05, 0) is 30.4 Å². The molecule has 0 saturated heterocycles. The second-order valence-electron chi connectivity index (χ2n) is 6.53. The summed E-state index contributed by atoms with van der Waals surface area (Å²) in [7, 11) is 0. The van der Waals surface area contributed by atoms with Crippen molar-refractivity contribution in [1.82, 2.24) is 0 Å². The summed E-state index contributed by atoms with van der Waals surface area (Å²) in [5.74, 6) is -0.663. The van der Waals surface area contributed by atoms with E-state index < -0.39 is 11.9 Å². The van der Waals surface area contributed by atoms with Gasteiger partial charge in [-0.25, -0.2) is 0 Å². The SMILES string of the molecule is O=C(O)C(CCCc1ccccc1)CSC1=COC(Cc2ccccc2)O1. The van der Waals surface area contributed by atoms with E-state index in [1.54, 1.807) is 6.26 Å². The number of aryl methyl sites for hydroxylation is 1. The molecule has 142 valence electrons. The smallest absolute Gasteiger partial charge is 0.307 e. The van der Waals surface area contributed by atoms with Gasteiger partial charge in [-0.15, -0.1) is 0 Å². The Morgan fingerprint density at radius 3 is 2.37 bits per heavy atom. The van der Waals surface area contributed by atoms with Gasteiger partial charge in [-0.1, -0.05) is 72.4 Å². The molecule has 1 heterocycles. The lowest BCUT2D eigenvalue weighted by Crippen LogP contribution is -2.17. The van der Waals surface area contributed by atoms with Crippen molar-refractivity contribution >= 4 is 17.7 Å². The highest BCUT2D eigenvalue weighted by atomic mass is 32.2. The third-order valence-corrected chi connectivity index (χ3v) is 5.49. The van der Waals surface area contributed by atoms with Crippen LogP contribution in [0, 0.1) is 5.92 Å². The van der Waals surface area contributed by atoms with Gasteiger partial charge in [-0.3, -0.25) is 4.79 Å². The Kier molecular flexibility index (Phi) is 7.22. The molecular weight excluding hydrogens is 360 g/mol. The Bertz CT molecular complexity index is 745. The minimum Gasteiger partial charge on any atom is -0.481 e. The van der Waals surface area contributed by atoms with Gasteiger partial charge in [0.2, 0.25) is 6.29 Å². The van der Waals surface area contributed by atoms with Crippen LogP contribution in [-0.4, -0.2) is 23.1 Å². The Morgan fingerprint density at radius 2 is 1.70 bits per heavy atom. The minimum atomic E-state index is -0.754. The van der Waals surface area contributed by atoms with E-state index in [-0.39, 0.29) is 6.29 Å². The van der Waals surface area contributed by atoms with E-state index in [0.29, 0.717) is 23.7 Å². The average molecular weight is 384 g/mol.